The highest BCUT2D eigenvalue weighted by Gasteiger charge is 2.34. The van der Waals surface area contributed by atoms with E-state index in [2.05, 4.69) is 22.9 Å². The molecule has 0 bridgehead atoms. The summed E-state index contributed by atoms with van der Waals surface area (Å²) >= 11 is 3.54. The number of halogens is 2. The SMILES string of the molecule is Cc1cc(F)cc(C)c1S(=O)(=O)N1CCC(C)C(Br)C1. The van der Waals surface area contributed by atoms with Gasteiger partial charge < -0.3 is 0 Å². The van der Waals surface area contributed by atoms with Crippen molar-refractivity contribution in [2.45, 2.75) is 36.9 Å². The number of sulfonamides is 1. The quantitative estimate of drug-likeness (QED) is 0.756. The van der Waals surface area contributed by atoms with Crippen LogP contribution in [0.1, 0.15) is 24.5 Å². The number of piperidine rings is 1. The van der Waals surface area contributed by atoms with Gasteiger partial charge >= 0.3 is 0 Å². The minimum absolute atomic E-state index is 0.159. The molecule has 2 rings (SSSR count). The van der Waals surface area contributed by atoms with Gasteiger partial charge in [-0.05, 0) is 49.4 Å². The van der Waals surface area contributed by atoms with Crippen molar-refractivity contribution in [2.24, 2.45) is 5.92 Å². The van der Waals surface area contributed by atoms with Crippen LogP contribution in [0, 0.1) is 25.6 Å². The number of alkyl halides is 1. The molecule has 3 nitrogen and oxygen atoms in total. The summed E-state index contributed by atoms with van der Waals surface area (Å²) in [6.07, 6.45) is 0.828. The van der Waals surface area contributed by atoms with Gasteiger partial charge in [-0.25, -0.2) is 12.8 Å². The summed E-state index contributed by atoms with van der Waals surface area (Å²) in [4.78, 5) is 0.403. The lowest BCUT2D eigenvalue weighted by Gasteiger charge is -2.34. The zero-order valence-electron chi connectivity index (χ0n) is 11.9. The normalized spacial score (nSPS) is 24.9. The molecule has 2 unspecified atom stereocenters. The number of hydrogen-bond acceptors (Lipinski definition) is 2. The fourth-order valence-electron chi connectivity index (χ4n) is 2.65. The van der Waals surface area contributed by atoms with E-state index >= 15 is 0 Å². The molecule has 0 N–H and O–H groups in total. The van der Waals surface area contributed by atoms with Crippen molar-refractivity contribution in [3.05, 3.63) is 29.1 Å². The molecule has 6 heteroatoms. The third-order valence-electron chi connectivity index (χ3n) is 3.85. The molecule has 1 saturated heterocycles. The maximum absolute atomic E-state index is 13.3. The summed E-state index contributed by atoms with van der Waals surface area (Å²) in [5.41, 5.74) is 0.930. The van der Waals surface area contributed by atoms with Gasteiger partial charge in [0, 0.05) is 17.9 Å². The molecule has 0 aliphatic carbocycles. The van der Waals surface area contributed by atoms with E-state index in [-0.39, 0.29) is 9.72 Å². The van der Waals surface area contributed by atoms with Crippen LogP contribution in [0.15, 0.2) is 17.0 Å². The molecule has 1 aliphatic heterocycles. The molecule has 0 aromatic heterocycles. The van der Waals surface area contributed by atoms with Gasteiger partial charge in [-0.2, -0.15) is 4.31 Å². The van der Waals surface area contributed by atoms with Crippen molar-refractivity contribution < 1.29 is 12.8 Å². The lowest BCUT2D eigenvalue weighted by atomic mass is 10.0. The number of nitrogens with zero attached hydrogens (tertiary/aromatic N) is 1. The first-order chi connectivity index (χ1) is 9.23. The average Bonchev–Trinajstić information content (AvgIpc) is 2.30. The molecule has 0 saturated carbocycles. The fourth-order valence-corrected chi connectivity index (χ4v) is 5.34. The minimum Gasteiger partial charge on any atom is -0.207 e. The summed E-state index contributed by atoms with van der Waals surface area (Å²) in [5.74, 6) is 0.0569. The van der Waals surface area contributed by atoms with Gasteiger partial charge in [-0.15, -0.1) is 0 Å². The van der Waals surface area contributed by atoms with E-state index in [1.165, 1.54) is 16.4 Å². The van der Waals surface area contributed by atoms with Crippen LogP contribution in [0.4, 0.5) is 4.39 Å². The Kier molecular flexibility index (Phi) is 4.56. The molecule has 1 aromatic carbocycles. The van der Waals surface area contributed by atoms with Crippen molar-refractivity contribution in [1.82, 2.24) is 4.31 Å². The van der Waals surface area contributed by atoms with Crippen molar-refractivity contribution in [1.29, 1.82) is 0 Å². The van der Waals surface area contributed by atoms with Crippen molar-refractivity contribution in [3.63, 3.8) is 0 Å². The highest BCUT2D eigenvalue weighted by Crippen LogP contribution is 2.30. The lowest BCUT2D eigenvalue weighted by molar-refractivity contribution is 0.299. The van der Waals surface area contributed by atoms with Crippen LogP contribution < -0.4 is 0 Å². The van der Waals surface area contributed by atoms with Gasteiger partial charge in [0.05, 0.1) is 4.90 Å². The van der Waals surface area contributed by atoms with E-state index in [1.54, 1.807) is 13.8 Å². The third-order valence-corrected chi connectivity index (χ3v) is 7.22. The van der Waals surface area contributed by atoms with E-state index in [0.29, 0.717) is 30.1 Å². The molecule has 0 radical (unpaired) electrons. The Labute approximate surface area is 128 Å². The summed E-state index contributed by atoms with van der Waals surface area (Å²) in [6.45, 7) is 6.36. The minimum atomic E-state index is -3.56. The van der Waals surface area contributed by atoms with Gasteiger partial charge in [-0.3, -0.25) is 0 Å². The Morgan fingerprint density at radius 3 is 2.35 bits per heavy atom. The second kappa shape index (κ2) is 5.73. The Morgan fingerprint density at radius 1 is 1.30 bits per heavy atom. The monoisotopic (exact) mass is 363 g/mol. The van der Waals surface area contributed by atoms with Crippen LogP contribution in [0.2, 0.25) is 0 Å². The van der Waals surface area contributed by atoms with Crippen molar-refractivity contribution in [3.8, 4) is 0 Å². The van der Waals surface area contributed by atoms with E-state index in [4.69, 9.17) is 0 Å². The van der Waals surface area contributed by atoms with Gasteiger partial charge in [0.25, 0.3) is 0 Å². The smallest absolute Gasteiger partial charge is 0.207 e. The Balaban J connectivity index is 2.41. The first-order valence-corrected chi connectivity index (χ1v) is 9.00. The Bertz CT molecular complexity index is 595. The van der Waals surface area contributed by atoms with Crippen LogP contribution in [0.3, 0.4) is 0 Å². The summed E-state index contributed by atoms with van der Waals surface area (Å²) in [6, 6.07) is 2.55. The van der Waals surface area contributed by atoms with Crippen molar-refractivity contribution >= 4 is 26.0 Å². The number of hydrogen-bond donors (Lipinski definition) is 0. The van der Waals surface area contributed by atoms with Crippen molar-refractivity contribution in [2.75, 3.05) is 13.1 Å². The average molecular weight is 364 g/mol. The maximum Gasteiger partial charge on any atom is 0.243 e. The standard InChI is InChI=1S/C14H19BrFNO2S/c1-9-4-5-17(8-13(9)15)20(18,19)14-10(2)6-12(16)7-11(14)3/h6-7,9,13H,4-5,8H2,1-3H3. The van der Waals surface area contributed by atoms with E-state index in [1.807, 2.05) is 0 Å². The predicted octanol–water partition coefficient (Wildman–Crippen LogP) is 3.24. The maximum atomic E-state index is 13.3. The molecular weight excluding hydrogens is 345 g/mol. The van der Waals surface area contributed by atoms with E-state index < -0.39 is 15.8 Å². The fraction of sp³-hybridized carbons (Fsp3) is 0.571. The predicted molar refractivity (Wildman–Crippen MR) is 81.1 cm³/mol. The molecule has 20 heavy (non-hydrogen) atoms. The zero-order valence-corrected chi connectivity index (χ0v) is 14.3. The number of benzene rings is 1. The number of rotatable bonds is 2. The summed E-state index contributed by atoms with van der Waals surface area (Å²) in [7, 11) is -3.56. The van der Waals surface area contributed by atoms with E-state index in [0.717, 1.165) is 6.42 Å². The van der Waals surface area contributed by atoms with Gasteiger partial charge in [0.2, 0.25) is 10.0 Å². The molecule has 0 amide bonds. The summed E-state index contributed by atoms with van der Waals surface area (Å²) < 4.78 is 40.4. The Morgan fingerprint density at radius 2 is 1.85 bits per heavy atom. The molecular formula is C14H19BrFNO2S. The van der Waals surface area contributed by atoms with Crippen LogP contribution in [-0.4, -0.2) is 30.6 Å². The van der Waals surface area contributed by atoms with Crippen LogP contribution in [0.5, 0.6) is 0 Å². The summed E-state index contributed by atoms with van der Waals surface area (Å²) in [5, 5.41) is 0. The highest BCUT2D eigenvalue weighted by atomic mass is 79.9. The molecule has 0 spiro atoms. The first kappa shape index (κ1) is 15.9. The molecule has 1 heterocycles. The molecule has 1 aliphatic rings. The second-order valence-corrected chi connectivity index (χ2v) is 8.56. The molecule has 112 valence electrons. The highest BCUT2D eigenvalue weighted by molar-refractivity contribution is 9.09. The molecule has 1 fully saturated rings. The van der Waals surface area contributed by atoms with Gasteiger partial charge in [-0.1, -0.05) is 22.9 Å². The largest absolute Gasteiger partial charge is 0.243 e. The lowest BCUT2D eigenvalue weighted by Crippen LogP contribution is -2.43. The third kappa shape index (κ3) is 2.92. The van der Waals surface area contributed by atoms with Crippen LogP contribution >= 0.6 is 15.9 Å². The van der Waals surface area contributed by atoms with E-state index in [9.17, 15) is 12.8 Å². The Hall–Kier alpha value is -0.460. The van der Waals surface area contributed by atoms with Crippen LogP contribution in [0.25, 0.3) is 0 Å². The van der Waals surface area contributed by atoms with Crippen LogP contribution in [-0.2, 0) is 10.0 Å². The first-order valence-electron chi connectivity index (χ1n) is 6.64. The molecule has 2 atom stereocenters. The molecule has 1 aromatic rings. The topological polar surface area (TPSA) is 37.4 Å². The number of aryl methyl sites for hydroxylation is 2. The zero-order chi connectivity index (χ0) is 15.1. The van der Waals surface area contributed by atoms with Gasteiger partial charge in [0.1, 0.15) is 5.82 Å². The second-order valence-electron chi connectivity index (χ2n) is 5.51. The van der Waals surface area contributed by atoms with Gasteiger partial charge in [0.15, 0.2) is 0 Å².